The van der Waals surface area contributed by atoms with Gasteiger partial charge in [-0.25, -0.2) is 4.79 Å². The number of benzene rings is 1. The second-order valence-corrected chi connectivity index (χ2v) is 7.14. The molecule has 0 aliphatic carbocycles. The first kappa shape index (κ1) is 19.9. The smallest absolute Gasteiger partial charge is 0.325 e. The van der Waals surface area contributed by atoms with Gasteiger partial charge in [-0.1, -0.05) is 6.07 Å². The maximum absolute atomic E-state index is 12.9. The lowest BCUT2D eigenvalue weighted by Crippen LogP contribution is -2.43. The van der Waals surface area contributed by atoms with E-state index >= 15 is 0 Å². The van der Waals surface area contributed by atoms with Crippen LogP contribution in [0.1, 0.15) is 32.8 Å². The van der Waals surface area contributed by atoms with E-state index in [1.54, 1.807) is 25.1 Å². The molecule has 1 aromatic carbocycles. The van der Waals surface area contributed by atoms with Crippen molar-refractivity contribution in [2.24, 2.45) is 0 Å². The minimum absolute atomic E-state index is 0.115. The van der Waals surface area contributed by atoms with E-state index in [-0.39, 0.29) is 19.4 Å². The Balaban J connectivity index is 1.59. The minimum atomic E-state index is -1.27. The highest BCUT2D eigenvalue weighted by atomic mass is 16.7. The molecule has 9 nitrogen and oxygen atoms in total. The molecule has 1 aromatic rings. The van der Waals surface area contributed by atoms with Crippen LogP contribution in [0.15, 0.2) is 18.2 Å². The minimum Gasteiger partial charge on any atom is -0.454 e. The predicted molar refractivity (Wildman–Crippen MR) is 98.9 cm³/mol. The number of rotatable bonds is 8. The Kier molecular flexibility index (Phi) is 5.73. The van der Waals surface area contributed by atoms with Gasteiger partial charge >= 0.3 is 6.03 Å². The first-order valence-electron chi connectivity index (χ1n) is 9.24. The second kappa shape index (κ2) is 8.05. The van der Waals surface area contributed by atoms with Crippen LogP contribution >= 0.6 is 0 Å². The third-order valence-electron chi connectivity index (χ3n) is 4.62. The number of hydrogen-bond donors (Lipinski definition) is 2. The van der Waals surface area contributed by atoms with Crippen LogP contribution < -0.4 is 20.1 Å². The molecule has 1 atom stereocenters. The van der Waals surface area contributed by atoms with Crippen LogP contribution in [0.25, 0.3) is 0 Å². The van der Waals surface area contributed by atoms with Crippen molar-refractivity contribution in [3.63, 3.8) is 0 Å². The molecule has 0 radical (unpaired) electrons. The lowest BCUT2D eigenvalue weighted by Gasteiger charge is -2.22. The number of hydrogen-bond acceptors (Lipinski definition) is 6. The van der Waals surface area contributed by atoms with Gasteiger partial charge in [-0.15, -0.1) is 0 Å². The highest BCUT2D eigenvalue weighted by Crippen LogP contribution is 2.37. The Labute approximate surface area is 163 Å². The summed E-state index contributed by atoms with van der Waals surface area (Å²) >= 11 is 0. The van der Waals surface area contributed by atoms with Crippen LogP contribution in [-0.4, -0.2) is 55.3 Å². The van der Waals surface area contributed by atoms with Crippen molar-refractivity contribution >= 4 is 17.8 Å². The zero-order chi connectivity index (χ0) is 20.3. The number of carbonyl (C=O) groups is 3. The van der Waals surface area contributed by atoms with E-state index in [1.807, 2.05) is 13.8 Å². The number of ether oxygens (including phenoxy) is 3. The number of nitrogens with one attached hydrogen (secondary N) is 2. The molecule has 2 aliphatic heterocycles. The molecule has 3 rings (SSSR count). The van der Waals surface area contributed by atoms with E-state index in [4.69, 9.17) is 14.2 Å². The number of fused-ring (bicyclic) bond motifs is 1. The van der Waals surface area contributed by atoms with Crippen LogP contribution in [0.4, 0.5) is 4.79 Å². The first-order valence-corrected chi connectivity index (χ1v) is 9.24. The average Bonchev–Trinajstić information content (AvgIpc) is 3.19. The van der Waals surface area contributed by atoms with Gasteiger partial charge in [0, 0.05) is 13.2 Å². The zero-order valence-electron chi connectivity index (χ0n) is 16.2. The largest absolute Gasteiger partial charge is 0.454 e. The summed E-state index contributed by atoms with van der Waals surface area (Å²) in [6.45, 7) is 6.20. The topological polar surface area (TPSA) is 106 Å². The summed E-state index contributed by atoms with van der Waals surface area (Å²) in [5.74, 6) is 0.208. The van der Waals surface area contributed by atoms with Crippen molar-refractivity contribution in [3.8, 4) is 11.5 Å². The lowest BCUT2D eigenvalue weighted by molar-refractivity contribution is -0.134. The summed E-state index contributed by atoms with van der Waals surface area (Å²) in [5, 5.41) is 5.37. The molecule has 9 heteroatoms. The van der Waals surface area contributed by atoms with Gasteiger partial charge in [0.15, 0.2) is 11.5 Å². The SMILES string of the molecule is CC(C)OCCCNC(=O)CN1C(=O)N[C@@](C)(c2ccc3c(c2)OCO3)C1=O. The summed E-state index contributed by atoms with van der Waals surface area (Å²) in [7, 11) is 0. The molecule has 1 fully saturated rings. The molecule has 2 aliphatic rings. The molecule has 2 heterocycles. The average molecular weight is 391 g/mol. The van der Waals surface area contributed by atoms with Gasteiger partial charge in [-0.2, -0.15) is 0 Å². The summed E-state index contributed by atoms with van der Waals surface area (Å²) in [4.78, 5) is 38.3. The molecule has 2 N–H and O–H groups in total. The number of carbonyl (C=O) groups excluding carboxylic acids is 3. The number of urea groups is 1. The fourth-order valence-electron chi connectivity index (χ4n) is 3.06. The lowest BCUT2D eigenvalue weighted by atomic mass is 9.91. The van der Waals surface area contributed by atoms with Gasteiger partial charge in [0.25, 0.3) is 5.91 Å². The summed E-state index contributed by atoms with van der Waals surface area (Å²) < 4.78 is 16.0. The van der Waals surface area contributed by atoms with Crippen molar-refractivity contribution in [3.05, 3.63) is 23.8 Å². The van der Waals surface area contributed by atoms with Crippen molar-refractivity contribution in [2.75, 3.05) is 26.5 Å². The number of imide groups is 1. The van der Waals surface area contributed by atoms with Gasteiger partial charge in [-0.05, 0) is 44.9 Å². The van der Waals surface area contributed by atoms with Gasteiger partial charge in [0.1, 0.15) is 12.1 Å². The number of nitrogens with zero attached hydrogens (tertiary/aromatic N) is 1. The molecule has 4 amide bonds. The van der Waals surface area contributed by atoms with Crippen molar-refractivity contribution < 1.29 is 28.6 Å². The van der Waals surface area contributed by atoms with E-state index < -0.39 is 23.4 Å². The van der Waals surface area contributed by atoms with Crippen LogP contribution in [0.5, 0.6) is 11.5 Å². The van der Waals surface area contributed by atoms with Gasteiger partial charge in [-0.3, -0.25) is 14.5 Å². The predicted octanol–water partition coefficient (Wildman–Crippen LogP) is 1.11. The highest BCUT2D eigenvalue weighted by molar-refractivity contribution is 6.09. The van der Waals surface area contributed by atoms with Crippen molar-refractivity contribution in [2.45, 2.75) is 38.8 Å². The van der Waals surface area contributed by atoms with Crippen LogP contribution in [0.3, 0.4) is 0 Å². The van der Waals surface area contributed by atoms with E-state index in [1.165, 1.54) is 0 Å². The standard InChI is InChI=1S/C19H25N3O6/c1-12(2)26-8-4-7-20-16(23)10-22-17(24)19(3,21-18(22)25)13-5-6-14-15(9-13)28-11-27-14/h5-6,9,12H,4,7-8,10-11H2,1-3H3,(H,20,23)(H,21,25)/t19-/m0/s1. The van der Waals surface area contributed by atoms with Crippen molar-refractivity contribution in [1.29, 1.82) is 0 Å². The van der Waals surface area contributed by atoms with Gasteiger partial charge in [0.2, 0.25) is 12.7 Å². The van der Waals surface area contributed by atoms with Crippen LogP contribution in [-0.2, 0) is 19.9 Å². The molecule has 0 saturated carbocycles. The maximum atomic E-state index is 12.9. The Hall–Kier alpha value is -2.81. The summed E-state index contributed by atoms with van der Waals surface area (Å²) in [5.41, 5.74) is -0.715. The normalized spacial score (nSPS) is 20.6. The Bertz CT molecular complexity index is 781. The van der Waals surface area contributed by atoms with Crippen LogP contribution in [0, 0.1) is 0 Å². The first-order chi connectivity index (χ1) is 13.3. The molecular formula is C19H25N3O6. The quantitative estimate of drug-likeness (QED) is 0.508. The molecule has 28 heavy (non-hydrogen) atoms. The number of amides is 4. The van der Waals surface area contributed by atoms with Crippen molar-refractivity contribution in [1.82, 2.24) is 15.5 Å². The Morgan fingerprint density at radius 1 is 1.32 bits per heavy atom. The van der Waals surface area contributed by atoms with E-state index in [9.17, 15) is 14.4 Å². The molecular weight excluding hydrogens is 366 g/mol. The molecule has 0 unspecified atom stereocenters. The molecule has 0 bridgehead atoms. The van der Waals surface area contributed by atoms with Gasteiger partial charge < -0.3 is 24.8 Å². The maximum Gasteiger partial charge on any atom is 0.325 e. The monoisotopic (exact) mass is 391 g/mol. The van der Waals surface area contributed by atoms with E-state index in [0.29, 0.717) is 36.6 Å². The summed E-state index contributed by atoms with van der Waals surface area (Å²) in [6.07, 6.45) is 0.786. The Morgan fingerprint density at radius 2 is 2.07 bits per heavy atom. The van der Waals surface area contributed by atoms with Crippen LogP contribution in [0.2, 0.25) is 0 Å². The van der Waals surface area contributed by atoms with E-state index in [0.717, 1.165) is 4.90 Å². The summed E-state index contributed by atoms with van der Waals surface area (Å²) in [6, 6.07) is 4.45. The molecule has 1 saturated heterocycles. The third kappa shape index (κ3) is 4.04. The fourth-order valence-corrected chi connectivity index (χ4v) is 3.06. The second-order valence-electron chi connectivity index (χ2n) is 7.14. The third-order valence-corrected chi connectivity index (χ3v) is 4.62. The molecule has 152 valence electrons. The zero-order valence-corrected chi connectivity index (χ0v) is 16.2. The van der Waals surface area contributed by atoms with E-state index in [2.05, 4.69) is 10.6 Å². The Morgan fingerprint density at radius 3 is 2.82 bits per heavy atom. The van der Waals surface area contributed by atoms with Gasteiger partial charge in [0.05, 0.1) is 6.10 Å². The molecule has 0 spiro atoms. The molecule has 0 aromatic heterocycles. The fraction of sp³-hybridized carbons (Fsp3) is 0.526. The highest BCUT2D eigenvalue weighted by Gasteiger charge is 2.49.